The molecule has 0 unspecified atom stereocenters. The van der Waals surface area contributed by atoms with Crippen molar-refractivity contribution in [3.63, 3.8) is 0 Å². The molecular weight excluding hydrogens is 507 g/mol. The third-order valence-corrected chi connectivity index (χ3v) is 6.29. The molecule has 3 rings (SSSR count). The minimum absolute atomic E-state index is 0.224. The number of nitrogens with zero attached hydrogens (tertiary/aromatic N) is 2. The molecule has 0 atom stereocenters. The summed E-state index contributed by atoms with van der Waals surface area (Å²) >= 11 is 12.2. The van der Waals surface area contributed by atoms with Crippen LogP contribution < -0.4 is 0 Å². The summed E-state index contributed by atoms with van der Waals surface area (Å²) in [5.74, 6) is 0.448. The number of rotatable bonds is 4. The molecule has 1 fully saturated rings. The van der Waals surface area contributed by atoms with Crippen molar-refractivity contribution in [3.05, 3.63) is 57.6 Å². The number of hydrogen-bond donors (Lipinski definition) is 2. The molecule has 2 aromatic rings. The van der Waals surface area contributed by atoms with Gasteiger partial charge in [0.1, 0.15) is 11.5 Å². The molecule has 0 aromatic heterocycles. The summed E-state index contributed by atoms with van der Waals surface area (Å²) in [7, 11) is 0. The van der Waals surface area contributed by atoms with Gasteiger partial charge in [-0.25, -0.2) is 0 Å². The van der Waals surface area contributed by atoms with E-state index in [1.165, 1.54) is 0 Å². The smallest absolute Gasteiger partial charge is 0.120 e. The molecule has 10 heteroatoms. The van der Waals surface area contributed by atoms with Crippen molar-refractivity contribution < 1.29 is 29.2 Å². The van der Waals surface area contributed by atoms with Crippen LogP contribution in [0.4, 0.5) is 0 Å². The Morgan fingerprint density at radius 1 is 0.556 bits per heavy atom. The molecule has 2 N–H and O–H groups in total. The Kier molecular flexibility index (Phi) is 13.1. The van der Waals surface area contributed by atoms with Crippen LogP contribution in [0.5, 0.6) is 11.5 Å². The summed E-state index contributed by atoms with van der Waals surface area (Å²) in [5.41, 5.74) is 1.54. The van der Waals surface area contributed by atoms with E-state index in [1.807, 2.05) is 0 Å². The van der Waals surface area contributed by atoms with E-state index in [1.54, 1.807) is 36.4 Å². The first-order chi connectivity index (χ1) is 17.5. The average molecular weight is 543 g/mol. The molecule has 0 saturated carbocycles. The molecule has 1 saturated heterocycles. The van der Waals surface area contributed by atoms with Gasteiger partial charge in [0.25, 0.3) is 0 Å². The van der Waals surface area contributed by atoms with Crippen molar-refractivity contribution in [1.29, 1.82) is 0 Å². The van der Waals surface area contributed by atoms with Gasteiger partial charge >= 0.3 is 0 Å². The van der Waals surface area contributed by atoms with Gasteiger partial charge in [-0.3, -0.25) is 9.80 Å². The minimum atomic E-state index is 0.224. The number of phenols is 2. The fourth-order valence-corrected chi connectivity index (χ4v) is 4.19. The fraction of sp³-hybridized carbons (Fsp3) is 0.538. The average Bonchev–Trinajstić information content (AvgIpc) is 2.85. The van der Waals surface area contributed by atoms with Crippen molar-refractivity contribution >= 4 is 23.2 Å². The molecule has 0 radical (unpaired) electrons. The van der Waals surface area contributed by atoms with Crippen molar-refractivity contribution in [1.82, 2.24) is 9.80 Å². The third-order valence-electron chi connectivity index (χ3n) is 5.82. The highest BCUT2D eigenvalue weighted by atomic mass is 35.5. The molecule has 200 valence electrons. The second kappa shape index (κ2) is 16.3. The number of benzene rings is 2. The Morgan fingerprint density at radius 2 is 0.889 bits per heavy atom. The number of halogens is 2. The van der Waals surface area contributed by atoms with E-state index >= 15 is 0 Å². The molecule has 8 nitrogen and oxygen atoms in total. The SMILES string of the molecule is Oc1ccc(Cl)cc1CN1CCOCCOCCN(Cc2cc(Cl)ccc2O)CCOCCOCC1. The Bertz CT molecular complexity index is 826. The first-order valence-electron chi connectivity index (χ1n) is 12.2. The lowest BCUT2D eigenvalue weighted by Crippen LogP contribution is -2.32. The van der Waals surface area contributed by atoms with Gasteiger partial charge in [0, 0.05) is 60.4 Å². The van der Waals surface area contributed by atoms with E-state index in [-0.39, 0.29) is 11.5 Å². The van der Waals surface area contributed by atoms with Crippen molar-refractivity contribution in [2.24, 2.45) is 0 Å². The zero-order valence-electron chi connectivity index (χ0n) is 20.5. The van der Waals surface area contributed by atoms with Crippen LogP contribution in [-0.2, 0) is 32.0 Å². The van der Waals surface area contributed by atoms with Gasteiger partial charge in [-0.15, -0.1) is 0 Å². The zero-order valence-corrected chi connectivity index (χ0v) is 22.1. The summed E-state index contributed by atoms with van der Waals surface area (Å²) in [6.07, 6.45) is 0. The molecular formula is C26H36Cl2N2O6. The predicted molar refractivity (Wildman–Crippen MR) is 140 cm³/mol. The van der Waals surface area contributed by atoms with Gasteiger partial charge in [-0.2, -0.15) is 0 Å². The third kappa shape index (κ3) is 10.8. The van der Waals surface area contributed by atoms with Gasteiger partial charge < -0.3 is 29.2 Å². The molecule has 0 aliphatic carbocycles. The van der Waals surface area contributed by atoms with E-state index in [2.05, 4.69) is 9.80 Å². The molecule has 1 heterocycles. The Morgan fingerprint density at radius 3 is 1.22 bits per heavy atom. The highest BCUT2D eigenvalue weighted by Gasteiger charge is 2.12. The van der Waals surface area contributed by atoms with Gasteiger partial charge in [0.05, 0.1) is 52.9 Å². The quantitative estimate of drug-likeness (QED) is 0.603. The van der Waals surface area contributed by atoms with E-state index in [9.17, 15) is 10.2 Å². The van der Waals surface area contributed by atoms with Crippen LogP contribution in [-0.4, -0.2) is 99.0 Å². The van der Waals surface area contributed by atoms with E-state index in [0.717, 1.165) is 11.1 Å². The molecule has 1 aliphatic rings. The predicted octanol–water partition coefficient (Wildman–Crippen LogP) is 3.79. The van der Waals surface area contributed by atoms with Gasteiger partial charge in [-0.05, 0) is 36.4 Å². The topological polar surface area (TPSA) is 83.9 Å². The van der Waals surface area contributed by atoms with Crippen molar-refractivity contribution in [2.45, 2.75) is 13.1 Å². The van der Waals surface area contributed by atoms with Crippen molar-refractivity contribution in [2.75, 3.05) is 79.0 Å². The second-order valence-electron chi connectivity index (χ2n) is 8.55. The number of hydrogen-bond acceptors (Lipinski definition) is 8. The maximum Gasteiger partial charge on any atom is 0.120 e. The van der Waals surface area contributed by atoms with E-state index in [4.69, 9.17) is 42.1 Å². The zero-order chi connectivity index (χ0) is 25.6. The number of ether oxygens (including phenoxy) is 4. The Labute approximate surface area is 223 Å². The normalized spacial score (nSPS) is 18.9. The number of aromatic hydroxyl groups is 2. The van der Waals surface area contributed by atoms with Crippen LogP contribution in [0, 0.1) is 0 Å². The largest absolute Gasteiger partial charge is 0.508 e. The van der Waals surface area contributed by atoms with Crippen LogP contribution in [0.25, 0.3) is 0 Å². The van der Waals surface area contributed by atoms with Gasteiger partial charge in [0.15, 0.2) is 0 Å². The summed E-state index contributed by atoms with van der Waals surface area (Å²) in [6.45, 7) is 7.93. The maximum atomic E-state index is 10.2. The summed E-state index contributed by atoms with van der Waals surface area (Å²) in [6, 6.07) is 10.1. The summed E-state index contributed by atoms with van der Waals surface area (Å²) < 4.78 is 23.1. The Hall–Kier alpha value is -1.62. The Balaban J connectivity index is 1.49. The lowest BCUT2D eigenvalue weighted by Gasteiger charge is -2.24. The van der Waals surface area contributed by atoms with Gasteiger partial charge in [-0.1, -0.05) is 23.2 Å². The first kappa shape index (κ1) is 28.9. The van der Waals surface area contributed by atoms with Crippen LogP contribution >= 0.6 is 23.2 Å². The first-order valence-corrected chi connectivity index (χ1v) is 13.0. The van der Waals surface area contributed by atoms with Crippen LogP contribution in [0.1, 0.15) is 11.1 Å². The summed E-state index contributed by atoms with van der Waals surface area (Å²) in [4.78, 5) is 4.33. The van der Waals surface area contributed by atoms with Crippen molar-refractivity contribution in [3.8, 4) is 11.5 Å². The molecule has 0 bridgehead atoms. The second-order valence-corrected chi connectivity index (χ2v) is 9.42. The van der Waals surface area contributed by atoms with E-state index < -0.39 is 0 Å². The molecule has 36 heavy (non-hydrogen) atoms. The lowest BCUT2D eigenvalue weighted by atomic mass is 10.2. The van der Waals surface area contributed by atoms with Crippen LogP contribution in [0.15, 0.2) is 36.4 Å². The summed E-state index contributed by atoms with van der Waals surface area (Å²) in [5, 5.41) is 21.5. The van der Waals surface area contributed by atoms with Crippen LogP contribution in [0.3, 0.4) is 0 Å². The molecule has 2 aromatic carbocycles. The van der Waals surface area contributed by atoms with Crippen LogP contribution in [0.2, 0.25) is 10.0 Å². The molecule has 0 amide bonds. The highest BCUT2D eigenvalue weighted by Crippen LogP contribution is 2.24. The van der Waals surface area contributed by atoms with Gasteiger partial charge in [0.2, 0.25) is 0 Å². The fourth-order valence-electron chi connectivity index (χ4n) is 3.80. The minimum Gasteiger partial charge on any atom is -0.508 e. The maximum absolute atomic E-state index is 10.2. The number of phenolic OH excluding ortho intramolecular Hbond substituents is 2. The molecule has 1 aliphatic heterocycles. The monoisotopic (exact) mass is 542 g/mol. The standard InChI is InChI=1S/C26H36Cl2N2O6/c27-23-1-3-25(31)21(17-23)19-29-5-9-33-13-15-35-11-7-30(8-12-36-16-14-34-10-6-29)20-22-18-24(28)2-4-26(22)32/h1-4,17-18,31-32H,5-16,19-20H2. The molecule has 0 spiro atoms. The van der Waals surface area contributed by atoms with E-state index in [0.29, 0.717) is 102 Å². The highest BCUT2D eigenvalue weighted by molar-refractivity contribution is 6.31. The lowest BCUT2D eigenvalue weighted by molar-refractivity contribution is 0.00611.